The van der Waals surface area contributed by atoms with Gasteiger partial charge in [0.05, 0.1) is 18.2 Å². The molecule has 1 aromatic rings. The Hall–Kier alpha value is -1.76. The minimum absolute atomic E-state index is 0.0325. The first-order valence-electron chi connectivity index (χ1n) is 10.6. The third-order valence-electron chi connectivity index (χ3n) is 5.73. The summed E-state index contributed by atoms with van der Waals surface area (Å²) in [5.41, 5.74) is 0.568. The number of hydrogen-bond donors (Lipinski definition) is 0. The molecule has 0 radical (unpaired) electrons. The second-order valence-corrected chi connectivity index (χ2v) is 8.64. The molecule has 6 nitrogen and oxygen atoms in total. The van der Waals surface area contributed by atoms with E-state index in [1.165, 1.54) is 6.42 Å². The molecule has 0 bridgehead atoms. The third kappa shape index (κ3) is 5.24. The maximum atomic E-state index is 13.0. The molecule has 0 saturated carbocycles. The van der Waals surface area contributed by atoms with E-state index in [0.29, 0.717) is 41.2 Å². The van der Waals surface area contributed by atoms with Gasteiger partial charge in [0, 0.05) is 37.7 Å². The van der Waals surface area contributed by atoms with Crippen molar-refractivity contribution in [3.63, 3.8) is 0 Å². The smallest absolute Gasteiger partial charge is 0.254 e. The van der Waals surface area contributed by atoms with Crippen molar-refractivity contribution in [1.29, 1.82) is 0 Å². The highest BCUT2D eigenvalue weighted by atomic mass is 79.9. The lowest BCUT2D eigenvalue weighted by atomic mass is 9.94. The van der Waals surface area contributed by atoms with Crippen LogP contribution in [0.2, 0.25) is 0 Å². The first-order chi connectivity index (χ1) is 14.0. The molecule has 29 heavy (non-hydrogen) atoms. The molecule has 160 valence electrons. The summed E-state index contributed by atoms with van der Waals surface area (Å²) in [4.78, 5) is 29.6. The number of ether oxygens (including phenoxy) is 2. The van der Waals surface area contributed by atoms with Crippen molar-refractivity contribution >= 4 is 27.7 Å². The van der Waals surface area contributed by atoms with Crippen molar-refractivity contribution in [2.24, 2.45) is 5.92 Å². The molecular formula is C22H31BrN2O4. The molecule has 0 aromatic heterocycles. The molecule has 2 aliphatic rings. The van der Waals surface area contributed by atoms with Crippen LogP contribution >= 0.6 is 15.9 Å². The number of carbonyl (C=O) groups excluding carboxylic acids is 2. The Morgan fingerprint density at radius 3 is 2.38 bits per heavy atom. The van der Waals surface area contributed by atoms with Gasteiger partial charge < -0.3 is 19.3 Å². The van der Waals surface area contributed by atoms with Crippen LogP contribution in [0, 0.1) is 5.92 Å². The summed E-state index contributed by atoms with van der Waals surface area (Å²) in [5.74, 6) is 1.46. The number of halogens is 1. The molecule has 2 amide bonds. The van der Waals surface area contributed by atoms with Crippen LogP contribution in [0.15, 0.2) is 16.6 Å². The van der Waals surface area contributed by atoms with Gasteiger partial charge in [0.1, 0.15) is 0 Å². The van der Waals surface area contributed by atoms with E-state index in [0.717, 1.165) is 45.2 Å². The highest BCUT2D eigenvalue weighted by molar-refractivity contribution is 9.10. The van der Waals surface area contributed by atoms with Crippen LogP contribution in [0.1, 0.15) is 55.8 Å². The van der Waals surface area contributed by atoms with Crippen LogP contribution < -0.4 is 9.47 Å². The fourth-order valence-electron chi connectivity index (χ4n) is 4.07. The van der Waals surface area contributed by atoms with Gasteiger partial charge in [-0.2, -0.15) is 0 Å². The fraction of sp³-hybridized carbons (Fsp3) is 0.636. The number of carbonyl (C=O) groups is 2. The summed E-state index contributed by atoms with van der Waals surface area (Å²) in [6, 6.07) is 3.53. The Morgan fingerprint density at radius 2 is 1.76 bits per heavy atom. The van der Waals surface area contributed by atoms with Gasteiger partial charge in [-0.05, 0) is 66.6 Å². The molecule has 2 saturated heterocycles. The average Bonchev–Trinajstić information content (AvgIpc) is 2.77. The van der Waals surface area contributed by atoms with Crippen LogP contribution in [0.25, 0.3) is 0 Å². The van der Waals surface area contributed by atoms with Crippen molar-refractivity contribution in [3.05, 3.63) is 22.2 Å². The van der Waals surface area contributed by atoms with E-state index in [-0.39, 0.29) is 17.7 Å². The lowest BCUT2D eigenvalue weighted by molar-refractivity contribution is -0.137. The van der Waals surface area contributed by atoms with E-state index in [4.69, 9.17) is 9.47 Å². The average molecular weight is 467 g/mol. The zero-order chi connectivity index (χ0) is 20.8. The largest absolute Gasteiger partial charge is 0.493 e. The standard InChI is InChI=1S/C22H31BrN2O4/c1-3-13-29-20-18(23)14-17(15-19(20)28-2)22(27)25-11-7-16(8-12-25)21(26)24-9-5-4-6-10-24/h14-16H,3-13H2,1-2H3. The highest BCUT2D eigenvalue weighted by Crippen LogP contribution is 2.37. The van der Waals surface area contributed by atoms with Gasteiger partial charge in [0.2, 0.25) is 5.91 Å². The Balaban J connectivity index is 1.63. The van der Waals surface area contributed by atoms with Gasteiger partial charge in [-0.3, -0.25) is 9.59 Å². The van der Waals surface area contributed by atoms with E-state index in [9.17, 15) is 9.59 Å². The molecule has 2 heterocycles. The summed E-state index contributed by atoms with van der Waals surface area (Å²) in [5, 5.41) is 0. The van der Waals surface area contributed by atoms with Gasteiger partial charge in [-0.1, -0.05) is 6.92 Å². The number of nitrogens with zero attached hydrogens (tertiary/aromatic N) is 2. The Kier molecular flexibility index (Phi) is 7.81. The molecule has 0 aliphatic carbocycles. The lowest BCUT2D eigenvalue weighted by Gasteiger charge is -2.35. The molecule has 0 unspecified atom stereocenters. The maximum absolute atomic E-state index is 13.0. The maximum Gasteiger partial charge on any atom is 0.254 e. The van der Waals surface area contributed by atoms with Gasteiger partial charge >= 0.3 is 0 Å². The molecule has 7 heteroatoms. The molecule has 2 aliphatic heterocycles. The SMILES string of the molecule is CCCOc1c(Br)cc(C(=O)N2CCC(C(=O)N3CCCCC3)CC2)cc1OC. The lowest BCUT2D eigenvalue weighted by Crippen LogP contribution is -2.45. The fourth-order valence-corrected chi connectivity index (χ4v) is 4.63. The van der Waals surface area contributed by atoms with E-state index < -0.39 is 0 Å². The Morgan fingerprint density at radius 1 is 1.07 bits per heavy atom. The van der Waals surface area contributed by atoms with Crippen LogP contribution in [-0.4, -0.2) is 61.5 Å². The van der Waals surface area contributed by atoms with Crippen LogP contribution in [-0.2, 0) is 4.79 Å². The number of methoxy groups -OCH3 is 1. The van der Waals surface area contributed by atoms with Gasteiger partial charge in [0.25, 0.3) is 5.91 Å². The van der Waals surface area contributed by atoms with Gasteiger partial charge in [-0.25, -0.2) is 0 Å². The normalized spacial score (nSPS) is 17.9. The molecule has 3 rings (SSSR count). The summed E-state index contributed by atoms with van der Waals surface area (Å²) in [6.07, 6.45) is 5.79. The van der Waals surface area contributed by atoms with Gasteiger partial charge in [0.15, 0.2) is 11.5 Å². The molecule has 1 aromatic carbocycles. The second kappa shape index (κ2) is 10.3. The number of benzene rings is 1. The Labute approximate surface area is 181 Å². The zero-order valence-electron chi connectivity index (χ0n) is 17.4. The first kappa shape index (κ1) is 21.9. The minimum Gasteiger partial charge on any atom is -0.493 e. The summed E-state index contributed by atoms with van der Waals surface area (Å²) < 4.78 is 11.9. The van der Waals surface area contributed by atoms with Crippen molar-refractivity contribution in [2.45, 2.75) is 45.4 Å². The van der Waals surface area contributed by atoms with Crippen molar-refractivity contribution in [2.75, 3.05) is 39.9 Å². The van der Waals surface area contributed by atoms with Crippen LogP contribution in [0.3, 0.4) is 0 Å². The summed E-state index contributed by atoms with van der Waals surface area (Å²) in [6.45, 7) is 5.61. The highest BCUT2D eigenvalue weighted by Gasteiger charge is 2.31. The number of amides is 2. The number of likely N-dealkylation sites (tertiary alicyclic amines) is 2. The first-order valence-corrected chi connectivity index (χ1v) is 11.4. The number of piperidine rings is 2. The van der Waals surface area contributed by atoms with E-state index in [2.05, 4.69) is 15.9 Å². The number of rotatable bonds is 6. The van der Waals surface area contributed by atoms with Gasteiger partial charge in [-0.15, -0.1) is 0 Å². The number of hydrogen-bond acceptors (Lipinski definition) is 4. The van der Waals surface area contributed by atoms with E-state index in [1.54, 1.807) is 19.2 Å². The summed E-state index contributed by atoms with van der Waals surface area (Å²) in [7, 11) is 1.58. The molecule has 0 atom stereocenters. The minimum atomic E-state index is -0.0325. The monoisotopic (exact) mass is 466 g/mol. The third-order valence-corrected chi connectivity index (χ3v) is 6.32. The topological polar surface area (TPSA) is 59.1 Å². The summed E-state index contributed by atoms with van der Waals surface area (Å²) >= 11 is 3.51. The van der Waals surface area contributed by atoms with Crippen molar-refractivity contribution in [1.82, 2.24) is 9.80 Å². The van der Waals surface area contributed by atoms with Crippen molar-refractivity contribution in [3.8, 4) is 11.5 Å². The van der Waals surface area contributed by atoms with E-state index >= 15 is 0 Å². The van der Waals surface area contributed by atoms with Crippen LogP contribution in [0.5, 0.6) is 11.5 Å². The zero-order valence-corrected chi connectivity index (χ0v) is 19.0. The van der Waals surface area contributed by atoms with Crippen molar-refractivity contribution < 1.29 is 19.1 Å². The predicted molar refractivity (Wildman–Crippen MR) is 116 cm³/mol. The quantitative estimate of drug-likeness (QED) is 0.632. The molecule has 0 spiro atoms. The Bertz CT molecular complexity index is 726. The second-order valence-electron chi connectivity index (χ2n) is 7.79. The predicted octanol–water partition coefficient (Wildman–Crippen LogP) is 4.11. The van der Waals surface area contributed by atoms with Crippen LogP contribution in [0.4, 0.5) is 0 Å². The molecular weight excluding hydrogens is 436 g/mol. The molecule has 0 N–H and O–H groups in total. The van der Waals surface area contributed by atoms with E-state index in [1.807, 2.05) is 16.7 Å². The molecule has 2 fully saturated rings.